The fraction of sp³-hybridized carbons (Fsp3) is 0.278. The van der Waals surface area contributed by atoms with E-state index in [0.717, 1.165) is 42.7 Å². The van der Waals surface area contributed by atoms with E-state index in [1.165, 1.54) is 5.56 Å². The van der Waals surface area contributed by atoms with Crippen LogP contribution in [0, 0.1) is 6.92 Å². The number of rotatable bonds is 2. The molecule has 1 heterocycles. The largest absolute Gasteiger partial charge is 0.508 e. The quantitative estimate of drug-likeness (QED) is 0.829. The molecule has 0 aromatic heterocycles. The molecule has 1 saturated heterocycles. The second kappa shape index (κ2) is 6.87. The Morgan fingerprint density at radius 3 is 2.48 bits per heavy atom. The number of aromatic hydroxyl groups is 1. The Balaban J connectivity index is 1.58. The minimum atomic E-state index is 0.307. The molecule has 3 rings (SSSR count). The van der Waals surface area contributed by atoms with Crippen LogP contribution >= 0.6 is 12.2 Å². The summed E-state index contributed by atoms with van der Waals surface area (Å²) in [6.07, 6.45) is 0. The number of para-hydroxylation sites is 1. The first-order valence-corrected chi connectivity index (χ1v) is 8.20. The summed E-state index contributed by atoms with van der Waals surface area (Å²) >= 11 is 5.55. The van der Waals surface area contributed by atoms with Crippen LogP contribution in [-0.4, -0.2) is 41.3 Å². The molecule has 0 atom stereocenters. The van der Waals surface area contributed by atoms with Crippen molar-refractivity contribution in [2.75, 3.05) is 36.4 Å². The average molecular weight is 327 g/mol. The third-order valence-electron chi connectivity index (χ3n) is 4.15. The van der Waals surface area contributed by atoms with Crippen LogP contribution in [0.5, 0.6) is 5.75 Å². The summed E-state index contributed by atoms with van der Waals surface area (Å²) < 4.78 is 0. The lowest BCUT2D eigenvalue weighted by molar-refractivity contribution is 0.390. The molecule has 2 aromatic rings. The van der Waals surface area contributed by atoms with Crippen molar-refractivity contribution in [2.45, 2.75) is 6.92 Å². The molecule has 0 saturated carbocycles. The Morgan fingerprint density at radius 1 is 1.04 bits per heavy atom. The lowest BCUT2D eigenvalue weighted by Gasteiger charge is -2.37. The van der Waals surface area contributed by atoms with Gasteiger partial charge in [0, 0.05) is 43.6 Å². The number of phenols is 1. The molecule has 0 radical (unpaired) electrons. The summed E-state index contributed by atoms with van der Waals surface area (Å²) in [5, 5.41) is 13.7. The van der Waals surface area contributed by atoms with Gasteiger partial charge >= 0.3 is 0 Å². The third-order valence-corrected chi connectivity index (χ3v) is 4.51. The maximum Gasteiger partial charge on any atom is 0.173 e. The van der Waals surface area contributed by atoms with Gasteiger partial charge in [-0.15, -0.1) is 0 Å². The number of anilines is 2. The van der Waals surface area contributed by atoms with Crippen LogP contribution in [0.1, 0.15) is 5.56 Å². The Hall–Kier alpha value is -2.27. The lowest BCUT2D eigenvalue weighted by Crippen LogP contribution is -2.50. The molecule has 120 valence electrons. The summed E-state index contributed by atoms with van der Waals surface area (Å²) in [6.45, 7) is 5.59. The number of aryl methyl sites for hydroxylation is 1. The van der Waals surface area contributed by atoms with Gasteiger partial charge in [-0.25, -0.2) is 0 Å². The Morgan fingerprint density at radius 2 is 1.78 bits per heavy atom. The fourth-order valence-electron chi connectivity index (χ4n) is 2.76. The van der Waals surface area contributed by atoms with Gasteiger partial charge in [0.15, 0.2) is 5.11 Å². The second-order valence-electron chi connectivity index (χ2n) is 5.74. The molecular weight excluding hydrogens is 306 g/mol. The van der Waals surface area contributed by atoms with Gasteiger partial charge in [-0.2, -0.15) is 0 Å². The average Bonchev–Trinajstić information content (AvgIpc) is 2.57. The number of benzene rings is 2. The summed E-state index contributed by atoms with van der Waals surface area (Å²) in [7, 11) is 0. The van der Waals surface area contributed by atoms with Crippen LogP contribution < -0.4 is 10.2 Å². The van der Waals surface area contributed by atoms with Crippen LogP contribution in [0.25, 0.3) is 0 Å². The Bertz CT molecular complexity index is 696. The zero-order chi connectivity index (χ0) is 16.2. The molecule has 1 aliphatic heterocycles. The van der Waals surface area contributed by atoms with E-state index >= 15 is 0 Å². The molecular formula is C18H21N3OS. The Labute approximate surface area is 142 Å². The maximum atomic E-state index is 9.61. The van der Waals surface area contributed by atoms with E-state index in [1.54, 1.807) is 12.1 Å². The van der Waals surface area contributed by atoms with E-state index in [0.29, 0.717) is 5.75 Å². The smallest absolute Gasteiger partial charge is 0.173 e. The van der Waals surface area contributed by atoms with Gasteiger partial charge in [0.25, 0.3) is 0 Å². The van der Waals surface area contributed by atoms with Crippen molar-refractivity contribution < 1.29 is 5.11 Å². The normalized spacial score (nSPS) is 14.7. The van der Waals surface area contributed by atoms with E-state index in [4.69, 9.17) is 12.2 Å². The molecule has 0 spiro atoms. The second-order valence-corrected chi connectivity index (χ2v) is 6.13. The third kappa shape index (κ3) is 3.74. The molecule has 1 fully saturated rings. The molecule has 0 amide bonds. The molecule has 0 bridgehead atoms. The summed E-state index contributed by atoms with van der Waals surface area (Å²) in [6, 6.07) is 15.6. The highest BCUT2D eigenvalue weighted by atomic mass is 32.1. The minimum Gasteiger partial charge on any atom is -0.508 e. The van der Waals surface area contributed by atoms with Gasteiger partial charge in [-0.3, -0.25) is 0 Å². The number of phenolic OH excluding ortho intramolecular Hbond substituents is 1. The number of nitrogens with zero attached hydrogens (tertiary/aromatic N) is 2. The van der Waals surface area contributed by atoms with Gasteiger partial charge in [0.1, 0.15) is 5.75 Å². The molecule has 23 heavy (non-hydrogen) atoms. The number of nitrogens with one attached hydrogen (secondary N) is 1. The number of piperazine rings is 1. The van der Waals surface area contributed by atoms with E-state index in [-0.39, 0.29) is 0 Å². The predicted octanol–water partition coefficient (Wildman–Crippen LogP) is 3.22. The van der Waals surface area contributed by atoms with Gasteiger partial charge in [-0.1, -0.05) is 24.3 Å². The van der Waals surface area contributed by atoms with Crippen LogP contribution in [0.15, 0.2) is 48.5 Å². The zero-order valence-corrected chi connectivity index (χ0v) is 14.0. The van der Waals surface area contributed by atoms with Gasteiger partial charge in [-0.05, 0) is 42.9 Å². The lowest BCUT2D eigenvalue weighted by atomic mass is 10.2. The van der Waals surface area contributed by atoms with Crippen molar-refractivity contribution in [1.29, 1.82) is 0 Å². The van der Waals surface area contributed by atoms with Gasteiger partial charge < -0.3 is 20.2 Å². The monoisotopic (exact) mass is 327 g/mol. The zero-order valence-electron chi connectivity index (χ0n) is 13.2. The van der Waals surface area contributed by atoms with E-state index in [1.807, 2.05) is 30.3 Å². The molecule has 0 aliphatic carbocycles. The van der Waals surface area contributed by atoms with Crippen molar-refractivity contribution >= 4 is 28.7 Å². The minimum absolute atomic E-state index is 0.307. The van der Waals surface area contributed by atoms with Crippen molar-refractivity contribution in [3.63, 3.8) is 0 Å². The molecule has 0 unspecified atom stereocenters. The van der Waals surface area contributed by atoms with Crippen LogP contribution in [0.4, 0.5) is 11.4 Å². The van der Waals surface area contributed by atoms with E-state index in [9.17, 15) is 5.11 Å². The first kappa shape index (κ1) is 15.6. The highest BCUT2D eigenvalue weighted by Crippen LogP contribution is 2.21. The first-order chi connectivity index (χ1) is 11.1. The topological polar surface area (TPSA) is 38.7 Å². The molecule has 2 aromatic carbocycles. The Kier molecular flexibility index (Phi) is 4.67. The summed E-state index contributed by atoms with van der Waals surface area (Å²) in [4.78, 5) is 4.47. The molecule has 5 heteroatoms. The van der Waals surface area contributed by atoms with Gasteiger partial charge in [0.05, 0.1) is 0 Å². The maximum absolute atomic E-state index is 9.61. The predicted molar refractivity (Wildman–Crippen MR) is 99.3 cm³/mol. The first-order valence-electron chi connectivity index (χ1n) is 7.79. The van der Waals surface area contributed by atoms with Crippen molar-refractivity contribution in [2.24, 2.45) is 0 Å². The van der Waals surface area contributed by atoms with Crippen LogP contribution in [0.2, 0.25) is 0 Å². The van der Waals surface area contributed by atoms with Crippen LogP contribution in [-0.2, 0) is 0 Å². The van der Waals surface area contributed by atoms with E-state index in [2.05, 4.69) is 28.1 Å². The fourth-order valence-corrected chi connectivity index (χ4v) is 3.06. The van der Waals surface area contributed by atoms with E-state index < -0.39 is 0 Å². The molecule has 4 nitrogen and oxygen atoms in total. The van der Waals surface area contributed by atoms with Gasteiger partial charge in [0.2, 0.25) is 0 Å². The highest BCUT2D eigenvalue weighted by molar-refractivity contribution is 7.80. The van der Waals surface area contributed by atoms with Crippen molar-refractivity contribution in [1.82, 2.24) is 4.90 Å². The van der Waals surface area contributed by atoms with Crippen LogP contribution in [0.3, 0.4) is 0 Å². The van der Waals surface area contributed by atoms with Crippen molar-refractivity contribution in [3.05, 3.63) is 54.1 Å². The summed E-state index contributed by atoms with van der Waals surface area (Å²) in [5.41, 5.74) is 3.31. The number of thiocarbonyl (C=S) groups is 1. The standard InChI is InChI=1S/C18H21N3OS/c1-14-5-2-3-8-17(14)19-18(23)21-11-9-20(10-12-21)15-6-4-7-16(22)13-15/h2-8,13,22H,9-12H2,1H3,(H,19,23). The highest BCUT2D eigenvalue weighted by Gasteiger charge is 2.19. The number of hydrogen-bond acceptors (Lipinski definition) is 3. The SMILES string of the molecule is Cc1ccccc1NC(=S)N1CCN(c2cccc(O)c2)CC1. The molecule has 1 aliphatic rings. The van der Waals surface area contributed by atoms with Crippen molar-refractivity contribution in [3.8, 4) is 5.75 Å². The number of hydrogen-bond donors (Lipinski definition) is 2. The summed E-state index contributed by atoms with van der Waals surface area (Å²) in [5.74, 6) is 0.307. The molecule has 2 N–H and O–H groups in total.